The number of β-amino-alcohol motifs (C(OH)–C–C–N with tert-alkyl or cyclic N) is 1. The molecule has 7 nitrogen and oxygen atoms in total. The third kappa shape index (κ3) is 3.88. The Bertz CT molecular complexity index is 739. The second-order valence-corrected chi connectivity index (χ2v) is 6.66. The minimum Gasteiger partial charge on any atom is -0.390 e. The van der Waals surface area contributed by atoms with E-state index >= 15 is 0 Å². The molecule has 0 saturated carbocycles. The molecule has 1 fully saturated rings. The molecule has 0 radical (unpaired) electrons. The first kappa shape index (κ1) is 17.6. The Morgan fingerprint density at radius 2 is 2.24 bits per heavy atom. The molecule has 2 aromatic rings. The Morgan fingerprint density at radius 1 is 1.44 bits per heavy atom. The third-order valence-electron chi connectivity index (χ3n) is 4.83. The van der Waals surface area contributed by atoms with E-state index in [1.165, 1.54) is 0 Å². The van der Waals surface area contributed by atoms with E-state index < -0.39 is 6.10 Å². The van der Waals surface area contributed by atoms with Crippen molar-refractivity contribution in [1.82, 2.24) is 20.4 Å². The van der Waals surface area contributed by atoms with Gasteiger partial charge < -0.3 is 14.9 Å². The van der Waals surface area contributed by atoms with Gasteiger partial charge in [0.1, 0.15) is 5.76 Å². The molecule has 0 bridgehead atoms. The summed E-state index contributed by atoms with van der Waals surface area (Å²) >= 11 is 0. The average molecular weight is 344 g/mol. The third-order valence-corrected chi connectivity index (χ3v) is 4.83. The number of aromatic nitrogens is 2. The molecule has 3 rings (SSSR count). The molecule has 25 heavy (non-hydrogen) atoms. The quantitative estimate of drug-likeness (QED) is 0.870. The van der Waals surface area contributed by atoms with Gasteiger partial charge in [-0.05, 0) is 38.8 Å². The molecular weight excluding hydrogens is 320 g/mol. The standard InChI is InChI=1S/C18H24N4O3/c1-11-4-6-19-8-14(11)18(24)20-16-5-7-22(10-17(16)23)9-15-12(2)21-25-13(15)3/h4,6,8,16-17,23H,5,7,9-10H2,1-3H3,(H,20,24)/t16-,17-/m1/s1. The van der Waals surface area contributed by atoms with Crippen molar-refractivity contribution < 1.29 is 14.4 Å². The molecule has 2 N–H and O–H groups in total. The lowest BCUT2D eigenvalue weighted by Crippen LogP contribution is -2.53. The summed E-state index contributed by atoms with van der Waals surface area (Å²) in [7, 11) is 0. The lowest BCUT2D eigenvalue weighted by molar-refractivity contribution is 0.0347. The van der Waals surface area contributed by atoms with Crippen LogP contribution in [0.1, 0.15) is 39.4 Å². The Kier molecular flexibility index (Phi) is 5.15. The molecule has 0 aromatic carbocycles. The number of pyridine rings is 1. The molecule has 1 saturated heterocycles. The molecule has 1 aliphatic rings. The number of carbonyl (C=O) groups is 1. The highest BCUT2D eigenvalue weighted by Gasteiger charge is 2.30. The molecule has 7 heteroatoms. The predicted molar refractivity (Wildman–Crippen MR) is 92.1 cm³/mol. The molecule has 1 amide bonds. The number of nitrogens with one attached hydrogen (secondary N) is 1. The number of rotatable bonds is 4. The van der Waals surface area contributed by atoms with Gasteiger partial charge >= 0.3 is 0 Å². The highest BCUT2D eigenvalue weighted by Crippen LogP contribution is 2.19. The summed E-state index contributed by atoms with van der Waals surface area (Å²) in [4.78, 5) is 18.6. The zero-order valence-corrected chi connectivity index (χ0v) is 14.8. The van der Waals surface area contributed by atoms with Crippen molar-refractivity contribution >= 4 is 5.91 Å². The second kappa shape index (κ2) is 7.33. The SMILES string of the molecule is Cc1ccncc1C(=O)N[C@@H]1CCN(Cc2c(C)noc2C)C[C@H]1O. The number of likely N-dealkylation sites (tertiary alicyclic amines) is 1. The van der Waals surface area contributed by atoms with E-state index in [1.807, 2.05) is 20.8 Å². The fourth-order valence-corrected chi connectivity index (χ4v) is 3.21. The Balaban J connectivity index is 1.59. The first-order chi connectivity index (χ1) is 12.0. The van der Waals surface area contributed by atoms with Crippen LogP contribution in [-0.2, 0) is 6.54 Å². The van der Waals surface area contributed by atoms with Crippen molar-refractivity contribution in [3.05, 3.63) is 46.6 Å². The van der Waals surface area contributed by atoms with Gasteiger partial charge in [-0.2, -0.15) is 0 Å². The minimum absolute atomic E-state index is 0.186. The van der Waals surface area contributed by atoms with E-state index in [0.717, 1.165) is 29.1 Å². The van der Waals surface area contributed by atoms with Gasteiger partial charge in [-0.1, -0.05) is 5.16 Å². The van der Waals surface area contributed by atoms with E-state index in [-0.39, 0.29) is 11.9 Å². The first-order valence-corrected chi connectivity index (χ1v) is 8.49. The number of aliphatic hydroxyl groups is 1. The van der Waals surface area contributed by atoms with Gasteiger partial charge in [-0.15, -0.1) is 0 Å². The topological polar surface area (TPSA) is 91.5 Å². The summed E-state index contributed by atoms with van der Waals surface area (Å²) in [5.74, 6) is 0.628. The van der Waals surface area contributed by atoms with Gasteiger partial charge in [0.25, 0.3) is 5.91 Å². The van der Waals surface area contributed by atoms with E-state index in [1.54, 1.807) is 18.5 Å². The van der Waals surface area contributed by atoms with Gasteiger partial charge in [0, 0.05) is 37.6 Å². The Morgan fingerprint density at radius 3 is 2.88 bits per heavy atom. The second-order valence-electron chi connectivity index (χ2n) is 6.66. The normalized spacial score (nSPS) is 21.3. The van der Waals surface area contributed by atoms with Gasteiger partial charge in [0.05, 0.1) is 23.4 Å². The smallest absolute Gasteiger partial charge is 0.253 e. The summed E-state index contributed by atoms with van der Waals surface area (Å²) in [6.07, 6.45) is 3.29. The Hall–Kier alpha value is -2.25. The van der Waals surface area contributed by atoms with E-state index in [9.17, 15) is 9.90 Å². The average Bonchev–Trinajstić information content (AvgIpc) is 2.89. The maximum absolute atomic E-state index is 12.4. The van der Waals surface area contributed by atoms with Crippen LogP contribution in [0.2, 0.25) is 0 Å². The largest absolute Gasteiger partial charge is 0.390 e. The lowest BCUT2D eigenvalue weighted by Gasteiger charge is -2.36. The number of carbonyl (C=O) groups excluding carboxylic acids is 1. The summed E-state index contributed by atoms with van der Waals surface area (Å²) in [6.45, 7) is 7.68. The van der Waals surface area contributed by atoms with Crippen molar-refractivity contribution in [3.63, 3.8) is 0 Å². The number of hydrogen-bond donors (Lipinski definition) is 2. The van der Waals surface area contributed by atoms with E-state index in [0.29, 0.717) is 25.1 Å². The molecule has 0 unspecified atom stereocenters. The maximum atomic E-state index is 12.4. The van der Waals surface area contributed by atoms with Gasteiger partial charge in [0.2, 0.25) is 0 Å². The van der Waals surface area contributed by atoms with Crippen molar-refractivity contribution in [2.75, 3.05) is 13.1 Å². The van der Waals surface area contributed by atoms with Crippen molar-refractivity contribution in [1.29, 1.82) is 0 Å². The van der Waals surface area contributed by atoms with Crippen molar-refractivity contribution in [2.24, 2.45) is 0 Å². The number of hydrogen-bond acceptors (Lipinski definition) is 6. The first-order valence-electron chi connectivity index (χ1n) is 8.49. The molecule has 2 atom stereocenters. The van der Waals surface area contributed by atoms with Gasteiger partial charge in [-0.25, -0.2) is 0 Å². The molecule has 1 aliphatic heterocycles. The summed E-state index contributed by atoms with van der Waals surface area (Å²) in [5, 5.41) is 17.4. The molecule has 2 aromatic heterocycles. The monoisotopic (exact) mass is 344 g/mol. The van der Waals surface area contributed by atoms with Crippen molar-refractivity contribution in [3.8, 4) is 0 Å². The number of amides is 1. The number of aryl methyl sites for hydroxylation is 3. The van der Waals surface area contributed by atoms with Crippen LogP contribution in [0.3, 0.4) is 0 Å². The van der Waals surface area contributed by atoms with Crippen LogP contribution in [0.5, 0.6) is 0 Å². The minimum atomic E-state index is -0.616. The Labute approximate surface area is 147 Å². The molecule has 0 spiro atoms. The molecular formula is C18H24N4O3. The zero-order valence-electron chi connectivity index (χ0n) is 14.8. The van der Waals surface area contributed by atoms with Crippen LogP contribution in [0, 0.1) is 20.8 Å². The van der Waals surface area contributed by atoms with Gasteiger partial charge in [0.15, 0.2) is 0 Å². The summed E-state index contributed by atoms with van der Waals surface area (Å²) in [6, 6.07) is 1.55. The number of aliphatic hydroxyl groups excluding tert-OH is 1. The zero-order chi connectivity index (χ0) is 18.0. The van der Waals surface area contributed by atoms with Crippen LogP contribution < -0.4 is 5.32 Å². The highest BCUT2D eigenvalue weighted by atomic mass is 16.5. The van der Waals surface area contributed by atoms with Crippen LogP contribution in [0.4, 0.5) is 0 Å². The fraction of sp³-hybridized carbons (Fsp3) is 0.500. The van der Waals surface area contributed by atoms with Crippen LogP contribution in [0.25, 0.3) is 0 Å². The molecule has 0 aliphatic carbocycles. The number of nitrogens with zero attached hydrogens (tertiary/aromatic N) is 3. The van der Waals surface area contributed by atoms with E-state index in [4.69, 9.17) is 4.52 Å². The van der Waals surface area contributed by atoms with Gasteiger partial charge in [-0.3, -0.25) is 14.7 Å². The fourth-order valence-electron chi connectivity index (χ4n) is 3.21. The van der Waals surface area contributed by atoms with Crippen LogP contribution in [0.15, 0.2) is 23.0 Å². The highest BCUT2D eigenvalue weighted by molar-refractivity contribution is 5.95. The maximum Gasteiger partial charge on any atom is 0.253 e. The van der Waals surface area contributed by atoms with Crippen LogP contribution in [-0.4, -0.2) is 51.3 Å². The molecule has 134 valence electrons. The van der Waals surface area contributed by atoms with E-state index in [2.05, 4.69) is 20.4 Å². The predicted octanol–water partition coefficient (Wildman–Crippen LogP) is 1.36. The van der Waals surface area contributed by atoms with Crippen molar-refractivity contribution in [2.45, 2.75) is 45.9 Å². The summed E-state index contributed by atoms with van der Waals surface area (Å²) < 4.78 is 5.20. The number of piperidine rings is 1. The summed E-state index contributed by atoms with van der Waals surface area (Å²) in [5.41, 5.74) is 3.38. The van der Waals surface area contributed by atoms with Crippen LogP contribution >= 0.6 is 0 Å². The molecule has 3 heterocycles. The lowest BCUT2D eigenvalue weighted by atomic mass is 10.00.